The van der Waals surface area contributed by atoms with Crippen LogP contribution in [-0.2, 0) is 0 Å². The molecule has 0 atom stereocenters. The van der Waals surface area contributed by atoms with E-state index < -0.39 is 0 Å². The predicted molar refractivity (Wildman–Crippen MR) is 81.8 cm³/mol. The number of anilines is 3. The van der Waals surface area contributed by atoms with Gasteiger partial charge in [0, 0.05) is 12.7 Å². The van der Waals surface area contributed by atoms with E-state index >= 15 is 0 Å². The van der Waals surface area contributed by atoms with E-state index in [0.717, 1.165) is 5.69 Å². The van der Waals surface area contributed by atoms with E-state index in [1.165, 1.54) is 0 Å². The quantitative estimate of drug-likeness (QED) is 0.849. The molecule has 1 aromatic carbocycles. The van der Waals surface area contributed by atoms with Crippen molar-refractivity contribution in [1.29, 1.82) is 0 Å². The molecule has 1 aromatic heterocycles. The van der Waals surface area contributed by atoms with Crippen LogP contribution < -0.4 is 20.1 Å². The number of nitrogens with zero attached hydrogens (tertiary/aromatic N) is 3. The smallest absolute Gasteiger partial charge is 0.323 e. The maximum absolute atomic E-state index is 6.08. The molecule has 112 valence electrons. The molecule has 1 heterocycles. The molecule has 0 saturated heterocycles. The zero-order valence-electron chi connectivity index (χ0n) is 12.0. The molecule has 0 amide bonds. The van der Waals surface area contributed by atoms with E-state index in [1.54, 1.807) is 26.3 Å². The van der Waals surface area contributed by atoms with E-state index in [1.807, 2.05) is 13.0 Å². The van der Waals surface area contributed by atoms with Crippen LogP contribution in [0.1, 0.15) is 6.92 Å². The Hall–Kier alpha value is -2.28. The Morgan fingerprint density at radius 1 is 1.19 bits per heavy atom. The maximum Gasteiger partial charge on any atom is 0.323 e. The van der Waals surface area contributed by atoms with Crippen LogP contribution in [-0.4, -0.2) is 35.7 Å². The lowest BCUT2D eigenvalue weighted by Gasteiger charge is -2.10. The van der Waals surface area contributed by atoms with E-state index in [4.69, 9.17) is 21.1 Å². The Bertz CT molecular complexity index is 624. The van der Waals surface area contributed by atoms with Crippen LogP contribution >= 0.6 is 11.6 Å². The normalized spacial score (nSPS) is 10.1. The second-order valence-corrected chi connectivity index (χ2v) is 4.33. The van der Waals surface area contributed by atoms with E-state index in [0.29, 0.717) is 29.3 Å². The first-order valence-electron chi connectivity index (χ1n) is 6.33. The lowest BCUT2D eigenvalue weighted by Crippen LogP contribution is -2.07. The minimum atomic E-state index is 0.249. The lowest BCUT2D eigenvalue weighted by atomic mass is 10.3. The Labute approximate surface area is 127 Å². The van der Waals surface area contributed by atoms with Crippen molar-refractivity contribution < 1.29 is 9.47 Å². The van der Waals surface area contributed by atoms with Crippen LogP contribution in [0.3, 0.4) is 0 Å². The summed E-state index contributed by atoms with van der Waals surface area (Å²) in [5, 5.41) is 6.40. The fourth-order valence-electron chi connectivity index (χ4n) is 1.59. The summed E-state index contributed by atoms with van der Waals surface area (Å²) in [6.07, 6.45) is 0. The van der Waals surface area contributed by atoms with E-state index in [-0.39, 0.29) is 6.01 Å². The summed E-state index contributed by atoms with van der Waals surface area (Å²) in [4.78, 5) is 12.5. The van der Waals surface area contributed by atoms with Crippen LogP contribution in [0.2, 0.25) is 5.02 Å². The molecule has 0 unspecified atom stereocenters. The second kappa shape index (κ2) is 6.94. The standard InChI is InChI=1S/C13H16ClN5O2/c1-4-21-13-18-11(15-2)17-12(19-13)16-8-5-6-10(20-3)9(14)7-8/h5-7H,4H2,1-3H3,(H2,15,16,17,18,19). The number of ether oxygens (including phenoxy) is 2. The van der Waals surface area contributed by atoms with Crippen molar-refractivity contribution in [2.45, 2.75) is 6.92 Å². The highest BCUT2D eigenvalue weighted by Crippen LogP contribution is 2.28. The van der Waals surface area contributed by atoms with Gasteiger partial charge >= 0.3 is 6.01 Å². The van der Waals surface area contributed by atoms with E-state index in [9.17, 15) is 0 Å². The van der Waals surface area contributed by atoms with Gasteiger partial charge in [0.15, 0.2) is 0 Å². The second-order valence-electron chi connectivity index (χ2n) is 3.92. The van der Waals surface area contributed by atoms with Crippen molar-refractivity contribution in [3.63, 3.8) is 0 Å². The first-order chi connectivity index (χ1) is 10.2. The van der Waals surface area contributed by atoms with Gasteiger partial charge in [-0.2, -0.15) is 15.0 Å². The number of benzene rings is 1. The first-order valence-corrected chi connectivity index (χ1v) is 6.71. The molecule has 2 rings (SSSR count). The summed E-state index contributed by atoms with van der Waals surface area (Å²) in [5.74, 6) is 1.37. The SMILES string of the molecule is CCOc1nc(NC)nc(Nc2ccc(OC)c(Cl)c2)n1. The van der Waals surface area contributed by atoms with Crippen molar-refractivity contribution in [1.82, 2.24) is 15.0 Å². The number of hydrogen-bond donors (Lipinski definition) is 2. The largest absolute Gasteiger partial charge is 0.495 e. The molecule has 7 nitrogen and oxygen atoms in total. The highest BCUT2D eigenvalue weighted by atomic mass is 35.5. The summed E-state index contributed by atoms with van der Waals surface area (Å²) < 4.78 is 10.4. The van der Waals surface area contributed by atoms with Crippen LogP contribution in [0, 0.1) is 0 Å². The fourth-order valence-corrected chi connectivity index (χ4v) is 1.85. The van der Waals surface area contributed by atoms with Gasteiger partial charge in [-0.25, -0.2) is 0 Å². The Kier molecular flexibility index (Phi) is 4.99. The van der Waals surface area contributed by atoms with Crippen molar-refractivity contribution in [3.8, 4) is 11.8 Å². The van der Waals surface area contributed by atoms with E-state index in [2.05, 4.69) is 25.6 Å². The lowest BCUT2D eigenvalue weighted by molar-refractivity contribution is 0.312. The monoisotopic (exact) mass is 309 g/mol. The predicted octanol–water partition coefficient (Wildman–Crippen LogP) is 2.72. The number of halogens is 1. The molecule has 0 saturated carbocycles. The Morgan fingerprint density at radius 2 is 1.95 bits per heavy atom. The average molecular weight is 310 g/mol. The van der Waals surface area contributed by atoms with Crippen molar-refractivity contribution in [2.75, 3.05) is 31.4 Å². The van der Waals surface area contributed by atoms with Crippen LogP contribution in [0.4, 0.5) is 17.6 Å². The van der Waals surface area contributed by atoms with Crippen LogP contribution in [0.15, 0.2) is 18.2 Å². The number of rotatable bonds is 6. The maximum atomic E-state index is 6.08. The fraction of sp³-hybridized carbons (Fsp3) is 0.308. The van der Waals surface area contributed by atoms with Gasteiger partial charge in [0.25, 0.3) is 0 Å². The molecule has 0 fully saturated rings. The molecule has 0 aliphatic carbocycles. The van der Waals surface area contributed by atoms with Gasteiger partial charge in [-0.15, -0.1) is 0 Å². The number of nitrogens with one attached hydrogen (secondary N) is 2. The molecular formula is C13H16ClN5O2. The van der Waals surface area contributed by atoms with Crippen molar-refractivity contribution in [2.24, 2.45) is 0 Å². The summed E-state index contributed by atoms with van der Waals surface area (Å²) in [6, 6.07) is 5.55. The summed E-state index contributed by atoms with van der Waals surface area (Å²) >= 11 is 6.08. The molecule has 2 N–H and O–H groups in total. The van der Waals surface area contributed by atoms with Gasteiger partial charge in [-0.1, -0.05) is 11.6 Å². The topological polar surface area (TPSA) is 81.2 Å². The van der Waals surface area contributed by atoms with Crippen LogP contribution in [0.25, 0.3) is 0 Å². The third-order valence-corrected chi connectivity index (χ3v) is 2.82. The van der Waals surface area contributed by atoms with Gasteiger partial charge in [0.1, 0.15) is 5.75 Å². The average Bonchev–Trinajstić information content (AvgIpc) is 2.47. The van der Waals surface area contributed by atoms with Gasteiger partial charge in [-0.05, 0) is 25.1 Å². The molecule has 0 spiro atoms. The molecule has 2 aromatic rings. The third kappa shape index (κ3) is 3.85. The van der Waals surface area contributed by atoms with Crippen LogP contribution in [0.5, 0.6) is 11.8 Å². The highest BCUT2D eigenvalue weighted by molar-refractivity contribution is 6.32. The number of methoxy groups -OCH3 is 1. The van der Waals surface area contributed by atoms with Crippen molar-refractivity contribution in [3.05, 3.63) is 23.2 Å². The highest BCUT2D eigenvalue weighted by Gasteiger charge is 2.08. The third-order valence-electron chi connectivity index (χ3n) is 2.52. The minimum absolute atomic E-state index is 0.249. The number of aromatic nitrogens is 3. The van der Waals surface area contributed by atoms with Crippen molar-refractivity contribution >= 4 is 29.2 Å². The molecule has 0 bridgehead atoms. The van der Waals surface area contributed by atoms with Gasteiger partial charge in [0.2, 0.25) is 11.9 Å². The first kappa shape index (κ1) is 15.1. The van der Waals surface area contributed by atoms with Gasteiger partial charge < -0.3 is 20.1 Å². The minimum Gasteiger partial charge on any atom is -0.495 e. The summed E-state index contributed by atoms with van der Waals surface area (Å²) in [6.45, 7) is 2.33. The molecule has 21 heavy (non-hydrogen) atoms. The van der Waals surface area contributed by atoms with Gasteiger partial charge in [-0.3, -0.25) is 0 Å². The molecular weight excluding hydrogens is 294 g/mol. The summed E-state index contributed by atoms with van der Waals surface area (Å²) in [7, 11) is 3.28. The zero-order valence-corrected chi connectivity index (χ0v) is 12.7. The van der Waals surface area contributed by atoms with Gasteiger partial charge in [0.05, 0.1) is 18.7 Å². The Balaban J connectivity index is 2.25. The number of hydrogen-bond acceptors (Lipinski definition) is 7. The summed E-state index contributed by atoms with van der Waals surface area (Å²) in [5.41, 5.74) is 0.733. The molecule has 8 heteroatoms. The Morgan fingerprint density at radius 3 is 2.57 bits per heavy atom. The molecule has 0 radical (unpaired) electrons. The zero-order chi connectivity index (χ0) is 15.2. The molecule has 0 aliphatic heterocycles. The molecule has 0 aliphatic rings.